The molecule has 0 aliphatic rings. The van der Waals surface area contributed by atoms with Gasteiger partial charge in [-0.25, -0.2) is 9.78 Å². The van der Waals surface area contributed by atoms with Crippen molar-refractivity contribution in [3.63, 3.8) is 0 Å². The Kier molecular flexibility index (Phi) is 4.12. The highest BCUT2D eigenvalue weighted by molar-refractivity contribution is 9.10. The zero-order valence-electron chi connectivity index (χ0n) is 12.1. The van der Waals surface area contributed by atoms with Gasteiger partial charge in [0.25, 0.3) is 0 Å². The third kappa shape index (κ3) is 2.97. The number of amides is 2. The predicted molar refractivity (Wildman–Crippen MR) is 92.2 cm³/mol. The first kappa shape index (κ1) is 15.0. The van der Waals surface area contributed by atoms with Crippen molar-refractivity contribution in [1.82, 2.24) is 20.1 Å². The van der Waals surface area contributed by atoms with Crippen LogP contribution in [0.25, 0.3) is 21.3 Å². The fourth-order valence-electron chi connectivity index (χ4n) is 2.08. The fraction of sp³-hybridized carbons (Fsp3) is 0.214. The number of aryl methyl sites for hydroxylation is 1. The van der Waals surface area contributed by atoms with Crippen LogP contribution in [0.3, 0.4) is 0 Å². The number of hydrogen-bond donors (Lipinski definition) is 2. The number of carbonyl (C=O) groups is 1. The van der Waals surface area contributed by atoms with Crippen LogP contribution in [0.5, 0.6) is 0 Å². The normalized spacial score (nSPS) is 10.9. The topological polar surface area (TPSA) is 71.8 Å². The van der Waals surface area contributed by atoms with Crippen molar-refractivity contribution in [1.29, 1.82) is 0 Å². The van der Waals surface area contributed by atoms with Gasteiger partial charge in [0.15, 0.2) is 5.13 Å². The molecule has 0 spiro atoms. The third-order valence-electron chi connectivity index (χ3n) is 3.04. The van der Waals surface area contributed by atoms with E-state index in [2.05, 4.69) is 36.6 Å². The predicted octanol–water partition coefficient (Wildman–Crippen LogP) is 3.60. The molecule has 0 atom stereocenters. The van der Waals surface area contributed by atoms with E-state index in [0.29, 0.717) is 11.7 Å². The van der Waals surface area contributed by atoms with Crippen molar-refractivity contribution >= 4 is 48.6 Å². The maximum atomic E-state index is 11.6. The zero-order chi connectivity index (χ0) is 15.7. The maximum absolute atomic E-state index is 11.6. The standard InChI is InChI=1S/C14H14BrN5OS/c1-3-16-13(21)19-14-18-11-5-8(4-10(15)12(11)22-14)9-6-17-20(2)7-9/h4-7H,3H2,1-2H3,(H2,16,18,19,21). The SMILES string of the molecule is CCNC(=O)Nc1nc2cc(-c3cnn(C)c3)cc(Br)c2s1. The Labute approximate surface area is 139 Å². The molecule has 6 nitrogen and oxygen atoms in total. The van der Waals surface area contributed by atoms with Gasteiger partial charge in [0.1, 0.15) is 0 Å². The number of fused-ring (bicyclic) bond motifs is 1. The average molecular weight is 380 g/mol. The summed E-state index contributed by atoms with van der Waals surface area (Å²) in [6, 6.07) is 3.79. The van der Waals surface area contributed by atoms with E-state index in [1.165, 1.54) is 11.3 Å². The minimum atomic E-state index is -0.245. The number of nitrogens with one attached hydrogen (secondary N) is 2. The lowest BCUT2D eigenvalue weighted by Crippen LogP contribution is -2.28. The molecule has 0 aliphatic carbocycles. The fourth-order valence-corrected chi connectivity index (χ4v) is 3.62. The van der Waals surface area contributed by atoms with Crippen LogP contribution in [0.4, 0.5) is 9.93 Å². The van der Waals surface area contributed by atoms with Crippen LogP contribution in [0.1, 0.15) is 6.92 Å². The van der Waals surface area contributed by atoms with E-state index in [1.807, 2.05) is 38.5 Å². The molecule has 0 unspecified atom stereocenters. The second kappa shape index (κ2) is 6.05. The summed E-state index contributed by atoms with van der Waals surface area (Å²) in [7, 11) is 1.88. The summed E-state index contributed by atoms with van der Waals surface area (Å²) in [4.78, 5) is 16.1. The Balaban J connectivity index is 1.98. The Bertz CT molecular complexity index is 841. The van der Waals surface area contributed by atoms with Gasteiger partial charge in [-0.2, -0.15) is 5.10 Å². The first-order valence-electron chi connectivity index (χ1n) is 6.70. The lowest BCUT2D eigenvalue weighted by Gasteiger charge is -2.00. The molecule has 3 aromatic rings. The van der Waals surface area contributed by atoms with Crippen molar-refractivity contribution in [2.24, 2.45) is 7.05 Å². The van der Waals surface area contributed by atoms with E-state index in [4.69, 9.17) is 0 Å². The first-order valence-corrected chi connectivity index (χ1v) is 8.31. The number of nitrogens with zero attached hydrogens (tertiary/aromatic N) is 3. The van der Waals surface area contributed by atoms with Gasteiger partial charge < -0.3 is 5.32 Å². The maximum Gasteiger partial charge on any atom is 0.321 e. The number of thiazole rings is 1. The summed E-state index contributed by atoms with van der Waals surface area (Å²) >= 11 is 5.01. The van der Waals surface area contributed by atoms with Crippen LogP contribution in [0.15, 0.2) is 29.0 Å². The van der Waals surface area contributed by atoms with Crippen molar-refractivity contribution in [2.75, 3.05) is 11.9 Å². The van der Waals surface area contributed by atoms with Gasteiger partial charge in [0.05, 0.1) is 16.4 Å². The molecule has 22 heavy (non-hydrogen) atoms. The summed E-state index contributed by atoms with van der Waals surface area (Å²) in [6.07, 6.45) is 3.77. The monoisotopic (exact) mass is 379 g/mol. The Morgan fingerprint density at radius 1 is 1.41 bits per heavy atom. The van der Waals surface area contributed by atoms with Crippen LogP contribution in [-0.2, 0) is 7.05 Å². The third-order valence-corrected chi connectivity index (χ3v) is 4.95. The molecule has 3 rings (SSSR count). The molecule has 2 aromatic heterocycles. The largest absolute Gasteiger partial charge is 0.338 e. The molecule has 2 amide bonds. The Hall–Kier alpha value is -1.93. The van der Waals surface area contributed by atoms with E-state index < -0.39 is 0 Å². The first-order chi connectivity index (χ1) is 10.6. The number of benzene rings is 1. The van der Waals surface area contributed by atoms with Gasteiger partial charge in [0, 0.05) is 29.8 Å². The van der Waals surface area contributed by atoms with Crippen molar-refractivity contribution in [3.05, 3.63) is 29.0 Å². The van der Waals surface area contributed by atoms with Crippen LogP contribution in [0.2, 0.25) is 0 Å². The molecular formula is C14H14BrN5OS. The summed E-state index contributed by atoms with van der Waals surface area (Å²) < 4.78 is 3.71. The molecule has 2 heterocycles. The highest BCUT2D eigenvalue weighted by Crippen LogP contribution is 2.36. The number of aromatic nitrogens is 3. The minimum Gasteiger partial charge on any atom is -0.338 e. The van der Waals surface area contributed by atoms with Crippen LogP contribution < -0.4 is 10.6 Å². The Morgan fingerprint density at radius 2 is 2.23 bits per heavy atom. The van der Waals surface area contributed by atoms with Gasteiger partial charge >= 0.3 is 6.03 Å². The van der Waals surface area contributed by atoms with Gasteiger partial charge in [0.2, 0.25) is 0 Å². The lowest BCUT2D eigenvalue weighted by molar-refractivity contribution is 0.252. The van der Waals surface area contributed by atoms with Crippen LogP contribution in [-0.4, -0.2) is 27.3 Å². The van der Waals surface area contributed by atoms with E-state index in [9.17, 15) is 4.79 Å². The summed E-state index contributed by atoms with van der Waals surface area (Å²) in [6.45, 7) is 2.44. The second-order valence-corrected chi connectivity index (χ2v) is 6.57. The number of anilines is 1. The molecule has 0 aliphatic heterocycles. The van der Waals surface area contributed by atoms with Gasteiger partial charge in [-0.1, -0.05) is 11.3 Å². The van der Waals surface area contributed by atoms with Gasteiger partial charge in [-0.3, -0.25) is 10.00 Å². The van der Waals surface area contributed by atoms with Crippen molar-refractivity contribution in [2.45, 2.75) is 6.92 Å². The highest BCUT2D eigenvalue weighted by atomic mass is 79.9. The molecule has 0 bridgehead atoms. The van der Waals surface area contributed by atoms with Crippen LogP contribution in [0, 0.1) is 0 Å². The van der Waals surface area contributed by atoms with Gasteiger partial charge in [-0.05, 0) is 40.5 Å². The molecule has 1 aromatic carbocycles. The molecule has 2 N–H and O–H groups in total. The van der Waals surface area contributed by atoms with E-state index in [1.54, 1.807) is 4.68 Å². The molecule has 114 valence electrons. The second-order valence-electron chi connectivity index (χ2n) is 4.71. The van der Waals surface area contributed by atoms with Gasteiger partial charge in [-0.15, -0.1) is 0 Å². The molecule has 0 saturated carbocycles. The zero-order valence-corrected chi connectivity index (χ0v) is 14.5. The quantitative estimate of drug-likeness (QED) is 0.729. The smallest absolute Gasteiger partial charge is 0.321 e. The summed E-state index contributed by atoms with van der Waals surface area (Å²) in [5.74, 6) is 0. The number of rotatable bonds is 3. The summed E-state index contributed by atoms with van der Waals surface area (Å²) in [5.41, 5.74) is 2.89. The minimum absolute atomic E-state index is 0.245. The molecular weight excluding hydrogens is 366 g/mol. The van der Waals surface area contributed by atoms with E-state index >= 15 is 0 Å². The lowest BCUT2D eigenvalue weighted by atomic mass is 10.1. The summed E-state index contributed by atoms with van der Waals surface area (Å²) in [5, 5.41) is 10.2. The number of carbonyl (C=O) groups excluding carboxylic acids is 1. The van der Waals surface area contributed by atoms with E-state index in [-0.39, 0.29) is 6.03 Å². The molecule has 0 fully saturated rings. The van der Waals surface area contributed by atoms with Crippen molar-refractivity contribution < 1.29 is 4.79 Å². The number of hydrogen-bond acceptors (Lipinski definition) is 4. The Morgan fingerprint density at radius 3 is 2.91 bits per heavy atom. The van der Waals surface area contributed by atoms with Crippen molar-refractivity contribution in [3.8, 4) is 11.1 Å². The molecule has 0 saturated heterocycles. The highest BCUT2D eigenvalue weighted by Gasteiger charge is 2.12. The number of halogens is 1. The molecule has 8 heteroatoms. The van der Waals surface area contributed by atoms with Crippen LogP contribution >= 0.6 is 27.3 Å². The average Bonchev–Trinajstić information content (AvgIpc) is 3.05. The van der Waals surface area contributed by atoms with E-state index in [0.717, 1.165) is 25.8 Å². The molecule has 0 radical (unpaired) electrons. The number of urea groups is 1.